The fourth-order valence-electron chi connectivity index (χ4n) is 4.80. The van der Waals surface area contributed by atoms with Gasteiger partial charge in [0, 0.05) is 5.92 Å². The third kappa shape index (κ3) is 5.01. The highest BCUT2D eigenvalue weighted by molar-refractivity contribution is 5.86. The number of nitriles is 1. The van der Waals surface area contributed by atoms with Gasteiger partial charge in [0.2, 0.25) is 0 Å². The van der Waals surface area contributed by atoms with E-state index in [4.69, 9.17) is 10.00 Å². The predicted molar refractivity (Wildman–Crippen MR) is 123 cm³/mol. The fourth-order valence-corrected chi connectivity index (χ4v) is 4.80. The summed E-state index contributed by atoms with van der Waals surface area (Å²) >= 11 is 0. The number of hydrogen-bond acceptors (Lipinski definition) is 3. The van der Waals surface area contributed by atoms with Crippen molar-refractivity contribution in [3.63, 3.8) is 0 Å². The lowest BCUT2D eigenvalue weighted by atomic mass is 9.80. The van der Waals surface area contributed by atoms with Crippen LogP contribution < -0.4 is 5.32 Å². The van der Waals surface area contributed by atoms with Crippen molar-refractivity contribution in [3.05, 3.63) is 82.9 Å². The van der Waals surface area contributed by atoms with Crippen molar-refractivity contribution in [2.45, 2.75) is 56.8 Å². The highest BCUT2D eigenvalue weighted by atomic mass is 19.4. The molecule has 0 heterocycles. The van der Waals surface area contributed by atoms with Gasteiger partial charge in [-0.3, -0.25) is 0 Å². The van der Waals surface area contributed by atoms with Gasteiger partial charge in [0.1, 0.15) is 6.10 Å². The second-order valence-electron chi connectivity index (χ2n) is 8.68. The Labute approximate surface area is 196 Å². The lowest BCUT2D eigenvalue weighted by Crippen LogP contribution is -2.35. The molecule has 1 N–H and O–H groups in total. The zero-order valence-electron chi connectivity index (χ0n) is 18.7. The van der Waals surface area contributed by atoms with Crippen LogP contribution in [-0.4, -0.2) is 12.2 Å². The van der Waals surface area contributed by atoms with Crippen LogP contribution in [0, 0.1) is 11.3 Å². The van der Waals surface area contributed by atoms with Crippen LogP contribution in [0.1, 0.15) is 66.8 Å². The van der Waals surface area contributed by atoms with E-state index in [1.165, 1.54) is 12.1 Å². The van der Waals surface area contributed by atoms with Gasteiger partial charge in [-0.1, -0.05) is 55.0 Å². The molecule has 34 heavy (non-hydrogen) atoms. The normalized spacial score (nSPS) is 19.3. The van der Waals surface area contributed by atoms with Gasteiger partial charge in [-0.2, -0.15) is 18.4 Å². The molecule has 0 aliphatic heterocycles. The molecule has 0 unspecified atom stereocenters. The summed E-state index contributed by atoms with van der Waals surface area (Å²) < 4.78 is 46.1. The summed E-state index contributed by atoms with van der Waals surface area (Å²) in [6, 6.07) is 18.8. The van der Waals surface area contributed by atoms with Crippen molar-refractivity contribution in [1.29, 1.82) is 5.26 Å². The first-order chi connectivity index (χ1) is 16.3. The van der Waals surface area contributed by atoms with E-state index in [2.05, 4.69) is 5.32 Å². The molecule has 1 saturated carbocycles. The van der Waals surface area contributed by atoms with Gasteiger partial charge in [0.05, 0.1) is 23.2 Å². The molecule has 0 saturated heterocycles. The van der Waals surface area contributed by atoms with Crippen LogP contribution >= 0.6 is 0 Å². The molecule has 0 aromatic heterocycles. The molecule has 1 aliphatic carbocycles. The fraction of sp³-hybridized carbons (Fsp3) is 0.333. The average Bonchev–Trinajstić information content (AvgIpc) is 2.83. The Hall–Kier alpha value is -3.53. The number of amides is 1. The van der Waals surface area contributed by atoms with Gasteiger partial charge in [0.15, 0.2) is 0 Å². The Kier molecular flexibility index (Phi) is 6.78. The maximum Gasteiger partial charge on any atom is 0.417 e. The molecule has 7 heteroatoms. The van der Waals surface area contributed by atoms with Crippen LogP contribution in [0.3, 0.4) is 0 Å². The molecule has 0 spiro atoms. The number of alkyl carbamates (subject to hydrolysis) is 1. The van der Waals surface area contributed by atoms with Gasteiger partial charge in [-0.25, -0.2) is 4.79 Å². The van der Waals surface area contributed by atoms with E-state index < -0.39 is 29.5 Å². The quantitative estimate of drug-likeness (QED) is 0.441. The zero-order valence-corrected chi connectivity index (χ0v) is 18.7. The lowest BCUT2D eigenvalue weighted by molar-refractivity contribution is -0.137. The van der Waals surface area contributed by atoms with E-state index in [0.717, 1.165) is 35.2 Å². The molecule has 4 nitrogen and oxygen atoms in total. The Bertz CT molecular complexity index is 1230. The summed E-state index contributed by atoms with van der Waals surface area (Å²) in [5, 5.41) is 14.0. The Morgan fingerprint density at radius 1 is 1.09 bits per heavy atom. The zero-order chi connectivity index (χ0) is 24.3. The van der Waals surface area contributed by atoms with Gasteiger partial charge < -0.3 is 10.1 Å². The molecule has 1 amide bonds. The number of hydrogen-bond donors (Lipinski definition) is 1. The number of rotatable bonds is 4. The van der Waals surface area contributed by atoms with E-state index in [-0.39, 0.29) is 12.0 Å². The average molecular weight is 467 g/mol. The van der Waals surface area contributed by atoms with E-state index >= 15 is 0 Å². The smallest absolute Gasteiger partial charge is 0.417 e. The third-order valence-corrected chi connectivity index (χ3v) is 6.48. The third-order valence-electron chi connectivity index (χ3n) is 6.48. The van der Waals surface area contributed by atoms with Crippen LogP contribution in [0.15, 0.2) is 60.7 Å². The maximum absolute atomic E-state index is 13.5. The molecule has 176 valence electrons. The second-order valence-corrected chi connectivity index (χ2v) is 8.68. The Morgan fingerprint density at radius 3 is 2.59 bits per heavy atom. The van der Waals surface area contributed by atoms with Crippen LogP contribution in [0.5, 0.6) is 0 Å². The van der Waals surface area contributed by atoms with Crippen LogP contribution in [0.4, 0.5) is 18.0 Å². The summed E-state index contributed by atoms with van der Waals surface area (Å²) in [6.07, 6.45) is -2.92. The Balaban J connectivity index is 1.51. The molecule has 1 fully saturated rings. The number of fused-ring (bicyclic) bond motifs is 1. The molecule has 3 aromatic rings. The molecule has 1 aliphatic rings. The first kappa shape index (κ1) is 23.6. The molecule has 3 atom stereocenters. The van der Waals surface area contributed by atoms with Crippen molar-refractivity contribution < 1.29 is 22.7 Å². The van der Waals surface area contributed by atoms with E-state index in [1.54, 1.807) is 6.07 Å². The molecular formula is C27H25F3N2O2. The minimum atomic E-state index is -4.63. The summed E-state index contributed by atoms with van der Waals surface area (Å²) in [5.41, 5.74) is 0.0279. The summed E-state index contributed by atoms with van der Waals surface area (Å²) in [5.74, 6) is -0.360. The highest BCUT2D eigenvalue weighted by Gasteiger charge is 2.36. The largest absolute Gasteiger partial charge is 0.446 e. The minimum absolute atomic E-state index is 0.313. The maximum atomic E-state index is 13.5. The van der Waals surface area contributed by atoms with E-state index in [0.29, 0.717) is 18.4 Å². The van der Waals surface area contributed by atoms with Crippen molar-refractivity contribution in [1.82, 2.24) is 5.32 Å². The summed E-state index contributed by atoms with van der Waals surface area (Å²) in [7, 11) is 0. The number of alkyl halides is 3. The molecule has 0 radical (unpaired) electrons. The van der Waals surface area contributed by atoms with E-state index in [1.807, 2.05) is 49.4 Å². The van der Waals surface area contributed by atoms with Crippen molar-refractivity contribution in [3.8, 4) is 6.07 Å². The standard InChI is InChI=1S/C27H25F3N2O2/c1-17(21-11-6-8-18-7-2-3-9-22(18)21)32-26(33)34-25-12-5-4-10-23(25)19-13-14-20(16-31)24(15-19)27(28,29)30/h2-3,6-9,11,13-15,17,23,25H,4-5,10,12H2,1H3,(H,32,33)/t17-,23-,25-/m1/s1. The van der Waals surface area contributed by atoms with Gasteiger partial charge in [-0.05, 0) is 60.2 Å². The number of benzene rings is 3. The molecular weight excluding hydrogens is 441 g/mol. The predicted octanol–water partition coefficient (Wildman–Crippen LogP) is 7.24. The minimum Gasteiger partial charge on any atom is -0.446 e. The highest BCUT2D eigenvalue weighted by Crippen LogP contribution is 2.39. The number of ether oxygens (including phenoxy) is 1. The van der Waals surface area contributed by atoms with Gasteiger partial charge in [-0.15, -0.1) is 0 Å². The molecule has 0 bridgehead atoms. The first-order valence-corrected chi connectivity index (χ1v) is 11.3. The SMILES string of the molecule is C[C@@H](NC(=O)O[C@@H]1CCCC[C@@H]1c1ccc(C#N)c(C(F)(F)F)c1)c1cccc2ccccc12. The first-order valence-electron chi connectivity index (χ1n) is 11.3. The molecule has 3 aromatic carbocycles. The summed E-state index contributed by atoms with van der Waals surface area (Å²) in [4.78, 5) is 12.8. The number of nitrogens with zero attached hydrogens (tertiary/aromatic N) is 1. The van der Waals surface area contributed by atoms with Crippen molar-refractivity contribution in [2.24, 2.45) is 0 Å². The van der Waals surface area contributed by atoms with Gasteiger partial charge >= 0.3 is 12.3 Å². The number of nitrogens with one attached hydrogen (secondary N) is 1. The topological polar surface area (TPSA) is 62.1 Å². The van der Waals surface area contributed by atoms with Gasteiger partial charge in [0.25, 0.3) is 0 Å². The monoisotopic (exact) mass is 466 g/mol. The van der Waals surface area contributed by atoms with Crippen molar-refractivity contribution >= 4 is 16.9 Å². The number of halogens is 3. The Morgan fingerprint density at radius 2 is 1.82 bits per heavy atom. The lowest BCUT2D eigenvalue weighted by Gasteiger charge is -2.32. The number of carbonyl (C=O) groups excluding carboxylic acids is 1. The second kappa shape index (κ2) is 9.76. The van der Waals surface area contributed by atoms with Crippen LogP contribution in [0.2, 0.25) is 0 Å². The van der Waals surface area contributed by atoms with Crippen LogP contribution in [0.25, 0.3) is 10.8 Å². The summed E-state index contributed by atoms with van der Waals surface area (Å²) in [6.45, 7) is 1.87. The van der Waals surface area contributed by atoms with E-state index in [9.17, 15) is 18.0 Å². The number of carbonyl (C=O) groups is 1. The molecule has 4 rings (SSSR count). The van der Waals surface area contributed by atoms with Crippen LogP contribution in [-0.2, 0) is 10.9 Å². The van der Waals surface area contributed by atoms with Crippen molar-refractivity contribution in [2.75, 3.05) is 0 Å².